The maximum Gasteiger partial charge on any atom is 0.0466 e. The monoisotopic (exact) mass is 285 g/mol. The molecule has 0 spiro atoms. The molecule has 0 aliphatic carbocycles. The third-order valence-corrected chi connectivity index (χ3v) is 2.81. The first kappa shape index (κ1) is 13.7. The molecule has 0 aromatic heterocycles. The second kappa shape index (κ2) is 8.74. The predicted molar refractivity (Wildman–Crippen MR) is 71.6 cm³/mol. The number of unbranched alkanes of at least 4 members (excludes halogenated alkanes) is 1. The lowest BCUT2D eigenvalue weighted by molar-refractivity contribution is 0.143. The summed E-state index contributed by atoms with van der Waals surface area (Å²) in [5.74, 6) is 0. The average Bonchev–Trinajstić information content (AvgIpc) is 2.28. The van der Waals surface area contributed by atoms with Gasteiger partial charge in [0.2, 0.25) is 0 Å². The van der Waals surface area contributed by atoms with E-state index in [1.165, 1.54) is 12.0 Å². The first-order valence-corrected chi connectivity index (χ1v) is 6.65. The molecular weight excluding hydrogens is 266 g/mol. The summed E-state index contributed by atoms with van der Waals surface area (Å²) in [7, 11) is 0. The molecule has 0 saturated carbocycles. The van der Waals surface area contributed by atoms with E-state index in [2.05, 4.69) is 39.4 Å². The molecule has 0 aliphatic rings. The van der Waals surface area contributed by atoms with Crippen molar-refractivity contribution < 1.29 is 4.74 Å². The number of ether oxygens (including phenoxy) is 1. The molecule has 1 aromatic rings. The molecule has 90 valence electrons. The zero-order valence-corrected chi connectivity index (χ0v) is 11.4. The fourth-order valence-electron chi connectivity index (χ4n) is 1.48. The maximum atomic E-state index is 5.28. The van der Waals surface area contributed by atoms with Gasteiger partial charge in [0.15, 0.2) is 0 Å². The van der Waals surface area contributed by atoms with E-state index in [0.29, 0.717) is 0 Å². The Morgan fingerprint density at radius 3 is 2.94 bits per heavy atom. The van der Waals surface area contributed by atoms with Crippen LogP contribution in [0.5, 0.6) is 0 Å². The van der Waals surface area contributed by atoms with E-state index in [9.17, 15) is 0 Å². The van der Waals surface area contributed by atoms with E-state index in [0.717, 1.165) is 37.2 Å². The summed E-state index contributed by atoms with van der Waals surface area (Å²) in [5.41, 5.74) is 1.32. The molecule has 3 heteroatoms. The summed E-state index contributed by atoms with van der Waals surface area (Å²) in [5, 5.41) is 3.43. The molecule has 1 rings (SSSR count). The summed E-state index contributed by atoms with van der Waals surface area (Å²) in [4.78, 5) is 0. The largest absolute Gasteiger partial charge is 0.382 e. The fraction of sp³-hybridized carbons (Fsp3) is 0.538. The lowest BCUT2D eigenvalue weighted by Gasteiger charge is -2.05. The third kappa shape index (κ3) is 6.26. The number of benzene rings is 1. The van der Waals surface area contributed by atoms with E-state index >= 15 is 0 Å². The quantitative estimate of drug-likeness (QED) is 0.740. The molecule has 1 aromatic carbocycles. The standard InChI is InChI=1S/C13H20BrNO/c1-2-16-9-4-3-8-15-11-12-6-5-7-13(14)10-12/h5-7,10,15H,2-4,8-9,11H2,1H3. The molecule has 0 heterocycles. The lowest BCUT2D eigenvalue weighted by Crippen LogP contribution is -2.15. The van der Waals surface area contributed by atoms with Gasteiger partial charge in [-0.15, -0.1) is 0 Å². The smallest absolute Gasteiger partial charge is 0.0466 e. The molecule has 1 N–H and O–H groups in total. The van der Waals surface area contributed by atoms with E-state index < -0.39 is 0 Å². The van der Waals surface area contributed by atoms with Crippen LogP contribution in [0.3, 0.4) is 0 Å². The summed E-state index contributed by atoms with van der Waals surface area (Å²) in [6.07, 6.45) is 2.31. The van der Waals surface area contributed by atoms with Crippen LogP contribution in [0, 0.1) is 0 Å². The van der Waals surface area contributed by atoms with Crippen LogP contribution in [0.4, 0.5) is 0 Å². The van der Waals surface area contributed by atoms with Gasteiger partial charge in [-0.2, -0.15) is 0 Å². The fourth-order valence-corrected chi connectivity index (χ4v) is 1.92. The Kier molecular flexibility index (Phi) is 7.47. The topological polar surface area (TPSA) is 21.3 Å². The first-order chi connectivity index (χ1) is 7.83. The van der Waals surface area contributed by atoms with Gasteiger partial charge in [-0.25, -0.2) is 0 Å². The summed E-state index contributed by atoms with van der Waals surface area (Å²) in [6.45, 7) is 5.74. The van der Waals surface area contributed by atoms with Gasteiger partial charge in [0.25, 0.3) is 0 Å². The summed E-state index contributed by atoms with van der Waals surface area (Å²) < 4.78 is 6.42. The number of rotatable bonds is 8. The van der Waals surface area contributed by atoms with Crippen LogP contribution in [0.2, 0.25) is 0 Å². The Morgan fingerprint density at radius 2 is 2.19 bits per heavy atom. The van der Waals surface area contributed by atoms with Crippen molar-refractivity contribution >= 4 is 15.9 Å². The number of hydrogen-bond donors (Lipinski definition) is 1. The minimum absolute atomic E-state index is 0.825. The van der Waals surface area contributed by atoms with E-state index in [1.807, 2.05) is 13.0 Å². The van der Waals surface area contributed by atoms with Crippen molar-refractivity contribution in [3.05, 3.63) is 34.3 Å². The molecule has 16 heavy (non-hydrogen) atoms. The molecule has 0 aliphatic heterocycles. The molecule has 0 radical (unpaired) electrons. The second-order valence-electron chi connectivity index (χ2n) is 3.71. The van der Waals surface area contributed by atoms with Crippen molar-refractivity contribution in [2.75, 3.05) is 19.8 Å². The van der Waals surface area contributed by atoms with Crippen LogP contribution in [0.25, 0.3) is 0 Å². The van der Waals surface area contributed by atoms with Crippen molar-refractivity contribution in [3.63, 3.8) is 0 Å². The molecule has 2 nitrogen and oxygen atoms in total. The van der Waals surface area contributed by atoms with Crippen molar-refractivity contribution in [2.24, 2.45) is 0 Å². The van der Waals surface area contributed by atoms with Gasteiger partial charge in [-0.05, 0) is 44.0 Å². The predicted octanol–water partition coefficient (Wildman–Crippen LogP) is 3.36. The highest BCUT2D eigenvalue weighted by Crippen LogP contribution is 2.11. The molecule has 0 fully saturated rings. The summed E-state index contributed by atoms with van der Waals surface area (Å²) >= 11 is 3.47. The van der Waals surface area contributed by atoms with Gasteiger partial charge in [0, 0.05) is 24.2 Å². The highest BCUT2D eigenvalue weighted by molar-refractivity contribution is 9.10. The van der Waals surface area contributed by atoms with Crippen molar-refractivity contribution in [1.29, 1.82) is 0 Å². The highest BCUT2D eigenvalue weighted by Gasteiger charge is 1.93. The SMILES string of the molecule is CCOCCCCNCc1cccc(Br)c1. The van der Waals surface area contributed by atoms with Crippen LogP contribution >= 0.6 is 15.9 Å². The summed E-state index contributed by atoms with van der Waals surface area (Å²) in [6, 6.07) is 8.40. The molecule has 0 unspecified atom stereocenters. The highest BCUT2D eigenvalue weighted by atomic mass is 79.9. The average molecular weight is 286 g/mol. The van der Waals surface area contributed by atoms with Crippen LogP contribution in [-0.2, 0) is 11.3 Å². The zero-order chi connectivity index (χ0) is 11.6. The van der Waals surface area contributed by atoms with Crippen LogP contribution in [-0.4, -0.2) is 19.8 Å². The van der Waals surface area contributed by atoms with Crippen LogP contribution in [0.15, 0.2) is 28.7 Å². The van der Waals surface area contributed by atoms with Gasteiger partial charge in [0.1, 0.15) is 0 Å². The van der Waals surface area contributed by atoms with Gasteiger partial charge in [-0.1, -0.05) is 28.1 Å². The van der Waals surface area contributed by atoms with Crippen LogP contribution in [0.1, 0.15) is 25.3 Å². The van der Waals surface area contributed by atoms with Crippen LogP contribution < -0.4 is 5.32 Å². The Balaban J connectivity index is 2.03. The van der Waals surface area contributed by atoms with E-state index in [1.54, 1.807) is 0 Å². The lowest BCUT2D eigenvalue weighted by atomic mass is 10.2. The second-order valence-corrected chi connectivity index (χ2v) is 4.63. The van der Waals surface area contributed by atoms with E-state index in [4.69, 9.17) is 4.74 Å². The Labute approximate surface area is 107 Å². The third-order valence-electron chi connectivity index (χ3n) is 2.31. The normalized spacial score (nSPS) is 10.6. The van der Waals surface area contributed by atoms with Crippen molar-refractivity contribution in [2.45, 2.75) is 26.3 Å². The Morgan fingerprint density at radius 1 is 1.31 bits per heavy atom. The Hall–Kier alpha value is -0.380. The van der Waals surface area contributed by atoms with Gasteiger partial charge in [0.05, 0.1) is 0 Å². The van der Waals surface area contributed by atoms with Gasteiger partial charge in [-0.3, -0.25) is 0 Å². The zero-order valence-electron chi connectivity index (χ0n) is 9.84. The minimum atomic E-state index is 0.825. The molecule has 0 saturated heterocycles. The number of nitrogens with one attached hydrogen (secondary N) is 1. The van der Waals surface area contributed by atoms with Gasteiger partial charge >= 0.3 is 0 Å². The van der Waals surface area contributed by atoms with Crippen molar-refractivity contribution in [3.8, 4) is 0 Å². The molecular formula is C13H20BrNO. The Bertz CT molecular complexity index is 291. The molecule has 0 amide bonds. The van der Waals surface area contributed by atoms with E-state index in [-0.39, 0.29) is 0 Å². The van der Waals surface area contributed by atoms with Gasteiger partial charge < -0.3 is 10.1 Å². The molecule has 0 atom stereocenters. The molecule has 0 bridgehead atoms. The first-order valence-electron chi connectivity index (χ1n) is 5.86. The number of hydrogen-bond acceptors (Lipinski definition) is 2. The van der Waals surface area contributed by atoms with Crippen molar-refractivity contribution in [1.82, 2.24) is 5.32 Å². The maximum absolute atomic E-state index is 5.28. The minimum Gasteiger partial charge on any atom is -0.382 e. The number of halogens is 1.